The number of aryl methyl sites for hydroxylation is 1. The molecule has 1 unspecified atom stereocenters. The van der Waals surface area contributed by atoms with Crippen LogP contribution in [-0.2, 0) is 14.3 Å². The molecule has 1 spiro atoms. The Morgan fingerprint density at radius 2 is 1.96 bits per heavy atom. The summed E-state index contributed by atoms with van der Waals surface area (Å²) in [7, 11) is 0. The Morgan fingerprint density at radius 1 is 1.24 bits per heavy atom. The highest BCUT2D eigenvalue weighted by atomic mass is 16.6. The van der Waals surface area contributed by atoms with Crippen LogP contribution in [0.5, 0.6) is 0 Å². The summed E-state index contributed by atoms with van der Waals surface area (Å²) in [6.07, 6.45) is 3.58. The van der Waals surface area contributed by atoms with E-state index in [0.29, 0.717) is 11.6 Å². The van der Waals surface area contributed by atoms with Gasteiger partial charge < -0.3 is 9.26 Å². The Bertz CT molecular complexity index is 806. The van der Waals surface area contributed by atoms with E-state index in [1.165, 1.54) is 0 Å². The predicted molar refractivity (Wildman–Crippen MR) is 90.7 cm³/mol. The van der Waals surface area contributed by atoms with Crippen molar-refractivity contribution in [3.63, 3.8) is 0 Å². The Kier molecular flexibility index (Phi) is 3.82. The second-order valence-electron chi connectivity index (χ2n) is 6.83. The van der Waals surface area contributed by atoms with E-state index in [4.69, 9.17) is 9.26 Å². The topological polar surface area (TPSA) is 81.4 Å². The van der Waals surface area contributed by atoms with Crippen molar-refractivity contribution >= 4 is 17.8 Å². The van der Waals surface area contributed by atoms with Gasteiger partial charge in [-0.05, 0) is 38.2 Å². The second-order valence-corrected chi connectivity index (χ2v) is 6.83. The summed E-state index contributed by atoms with van der Waals surface area (Å²) in [6.45, 7) is 1.84. The Hall–Kier alpha value is -2.63. The van der Waals surface area contributed by atoms with Crippen LogP contribution in [0, 0.1) is 12.8 Å². The summed E-state index contributed by atoms with van der Waals surface area (Å²) in [6, 6.07) is 9.65. The van der Waals surface area contributed by atoms with Crippen LogP contribution in [0.15, 0.2) is 34.9 Å². The molecule has 25 heavy (non-hydrogen) atoms. The Labute approximate surface area is 145 Å². The van der Waals surface area contributed by atoms with Crippen LogP contribution in [0.4, 0.5) is 5.88 Å². The molecule has 1 aliphatic carbocycles. The monoisotopic (exact) mass is 340 g/mol. The molecule has 0 radical (unpaired) electrons. The molecule has 0 bridgehead atoms. The SMILES string of the molecule is Cc1noc(NC(=O)C2CC(=O)OC23CCCC3)c1-c1ccccc1. The van der Waals surface area contributed by atoms with Crippen LogP contribution in [0.25, 0.3) is 11.1 Å². The first-order valence-electron chi connectivity index (χ1n) is 8.63. The van der Waals surface area contributed by atoms with Crippen molar-refractivity contribution in [3.8, 4) is 11.1 Å². The number of nitrogens with one attached hydrogen (secondary N) is 1. The highest BCUT2D eigenvalue weighted by Gasteiger charge is 2.54. The number of aromatic nitrogens is 1. The van der Waals surface area contributed by atoms with Gasteiger partial charge in [-0.25, -0.2) is 0 Å². The van der Waals surface area contributed by atoms with Crippen molar-refractivity contribution in [1.29, 1.82) is 0 Å². The van der Waals surface area contributed by atoms with Gasteiger partial charge in [0, 0.05) is 0 Å². The van der Waals surface area contributed by atoms with Gasteiger partial charge in [-0.2, -0.15) is 0 Å². The molecule has 1 aromatic heterocycles. The quantitative estimate of drug-likeness (QED) is 0.865. The molecule has 1 N–H and O–H groups in total. The fraction of sp³-hybridized carbons (Fsp3) is 0.421. The van der Waals surface area contributed by atoms with Gasteiger partial charge >= 0.3 is 5.97 Å². The standard InChI is InChI=1S/C19H20N2O4/c1-12-16(13-7-3-2-4-8-13)18(25-21-12)20-17(23)14-11-15(22)24-19(14)9-5-6-10-19/h2-4,7-8,14H,5-6,9-11H2,1H3,(H,20,23). The lowest BCUT2D eigenvalue weighted by molar-refractivity contribution is -0.149. The normalized spacial score (nSPS) is 21.5. The first-order valence-corrected chi connectivity index (χ1v) is 8.63. The molecule has 1 saturated heterocycles. The highest BCUT2D eigenvalue weighted by molar-refractivity contribution is 5.98. The van der Waals surface area contributed by atoms with Crippen LogP contribution in [0.2, 0.25) is 0 Å². The molecule has 2 heterocycles. The third-order valence-electron chi connectivity index (χ3n) is 5.25. The first-order chi connectivity index (χ1) is 12.1. The van der Waals surface area contributed by atoms with E-state index < -0.39 is 11.5 Å². The maximum atomic E-state index is 12.9. The second kappa shape index (κ2) is 6.02. The van der Waals surface area contributed by atoms with E-state index in [1.807, 2.05) is 37.3 Å². The van der Waals surface area contributed by atoms with Crippen molar-refractivity contribution in [1.82, 2.24) is 5.16 Å². The van der Waals surface area contributed by atoms with Crippen molar-refractivity contribution in [2.24, 2.45) is 5.92 Å². The van der Waals surface area contributed by atoms with E-state index >= 15 is 0 Å². The van der Waals surface area contributed by atoms with E-state index in [2.05, 4.69) is 10.5 Å². The van der Waals surface area contributed by atoms with Gasteiger partial charge in [-0.3, -0.25) is 14.9 Å². The number of hydrogen-bond acceptors (Lipinski definition) is 5. The number of amides is 1. The van der Waals surface area contributed by atoms with E-state index in [0.717, 1.165) is 36.8 Å². The van der Waals surface area contributed by atoms with Crippen LogP contribution in [0.3, 0.4) is 0 Å². The molecular formula is C19H20N2O4. The molecule has 1 amide bonds. The number of benzene rings is 1. The van der Waals surface area contributed by atoms with Gasteiger partial charge in [-0.15, -0.1) is 0 Å². The minimum atomic E-state index is -0.636. The third-order valence-corrected chi connectivity index (χ3v) is 5.25. The lowest BCUT2D eigenvalue weighted by Crippen LogP contribution is -2.39. The summed E-state index contributed by atoms with van der Waals surface area (Å²) < 4.78 is 10.9. The molecule has 1 saturated carbocycles. The number of ether oxygens (including phenoxy) is 1. The molecule has 2 aromatic rings. The van der Waals surface area contributed by atoms with Crippen LogP contribution in [-0.4, -0.2) is 22.6 Å². The highest BCUT2D eigenvalue weighted by Crippen LogP contribution is 2.46. The summed E-state index contributed by atoms with van der Waals surface area (Å²) in [4.78, 5) is 24.7. The molecule has 130 valence electrons. The predicted octanol–water partition coefficient (Wildman–Crippen LogP) is 3.46. The molecule has 1 aromatic carbocycles. The van der Waals surface area contributed by atoms with Gasteiger partial charge in [0.15, 0.2) is 0 Å². The molecule has 4 rings (SSSR count). The Morgan fingerprint density at radius 3 is 2.68 bits per heavy atom. The largest absolute Gasteiger partial charge is 0.458 e. The maximum Gasteiger partial charge on any atom is 0.307 e. The van der Waals surface area contributed by atoms with Crippen molar-refractivity contribution in [3.05, 3.63) is 36.0 Å². The summed E-state index contributed by atoms with van der Waals surface area (Å²) >= 11 is 0. The zero-order valence-corrected chi connectivity index (χ0v) is 14.1. The number of hydrogen-bond donors (Lipinski definition) is 1. The lowest BCUT2D eigenvalue weighted by atomic mass is 9.85. The van der Waals surface area contributed by atoms with Crippen molar-refractivity contribution in [2.45, 2.75) is 44.6 Å². The van der Waals surface area contributed by atoms with Crippen LogP contribution < -0.4 is 5.32 Å². The minimum Gasteiger partial charge on any atom is -0.458 e. The molecular weight excluding hydrogens is 320 g/mol. The zero-order chi connectivity index (χ0) is 17.4. The minimum absolute atomic E-state index is 0.125. The number of anilines is 1. The fourth-order valence-corrected chi connectivity index (χ4v) is 4.05. The first kappa shape index (κ1) is 15.9. The molecule has 6 nitrogen and oxygen atoms in total. The van der Waals surface area contributed by atoms with Gasteiger partial charge in [0.2, 0.25) is 11.8 Å². The summed E-state index contributed by atoms with van der Waals surface area (Å²) in [5, 5.41) is 6.83. The lowest BCUT2D eigenvalue weighted by Gasteiger charge is -2.27. The van der Waals surface area contributed by atoms with Gasteiger partial charge in [-0.1, -0.05) is 35.5 Å². The zero-order valence-electron chi connectivity index (χ0n) is 14.1. The van der Waals surface area contributed by atoms with Crippen LogP contribution in [0.1, 0.15) is 37.8 Å². The average molecular weight is 340 g/mol. The molecule has 1 aliphatic heterocycles. The number of esters is 1. The third kappa shape index (κ3) is 2.71. The molecule has 2 aliphatic rings. The van der Waals surface area contributed by atoms with Gasteiger partial charge in [0.25, 0.3) is 0 Å². The number of nitrogens with zero attached hydrogens (tertiary/aromatic N) is 1. The average Bonchev–Trinajstić information content (AvgIpc) is 3.29. The van der Waals surface area contributed by atoms with E-state index in [1.54, 1.807) is 0 Å². The fourth-order valence-electron chi connectivity index (χ4n) is 4.05. The maximum absolute atomic E-state index is 12.9. The molecule has 2 fully saturated rings. The van der Waals surface area contributed by atoms with Gasteiger partial charge in [0.1, 0.15) is 5.60 Å². The molecule has 1 atom stereocenters. The van der Waals surface area contributed by atoms with E-state index in [9.17, 15) is 9.59 Å². The Balaban J connectivity index is 1.61. The number of carbonyl (C=O) groups excluding carboxylic acids is 2. The number of rotatable bonds is 3. The van der Waals surface area contributed by atoms with Gasteiger partial charge in [0.05, 0.1) is 23.6 Å². The van der Waals surface area contributed by atoms with Crippen LogP contribution >= 0.6 is 0 Å². The summed E-state index contributed by atoms with van der Waals surface area (Å²) in [5.41, 5.74) is 1.75. The van der Waals surface area contributed by atoms with Crippen molar-refractivity contribution in [2.75, 3.05) is 5.32 Å². The van der Waals surface area contributed by atoms with Crippen molar-refractivity contribution < 1.29 is 18.8 Å². The van der Waals surface area contributed by atoms with E-state index in [-0.39, 0.29) is 18.3 Å². The number of carbonyl (C=O) groups is 2. The smallest absolute Gasteiger partial charge is 0.307 e. The summed E-state index contributed by atoms with van der Waals surface area (Å²) in [5.74, 6) is -0.683. The molecule has 6 heteroatoms.